The van der Waals surface area contributed by atoms with Crippen LogP contribution in [0.15, 0.2) is 0 Å². The van der Waals surface area contributed by atoms with Crippen molar-refractivity contribution in [3.05, 3.63) is 0 Å². The quantitative estimate of drug-likeness (QED) is 0.743. The zero-order valence-corrected chi connectivity index (χ0v) is 11.5. The molecule has 0 aromatic heterocycles. The second-order valence-electron chi connectivity index (χ2n) is 5.39. The average molecular weight is 242 g/mol. The highest BCUT2D eigenvalue weighted by molar-refractivity contribution is 5.79. The van der Waals surface area contributed by atoms with E-state index in [1.807, 2.05) is 0 Å². The molecule has 4 nitrogen and oxygen atoms in total. The van der Waals surface area contributed by atoms with Gasteiger partial charge >= 0.3 is 5.97 Å². The van der Waals surface area contributed by atoms with Crippen LogP contribution >= 0.6 is 0 Å². The molecule has 1 fully saturated rings. The number of nitrogens with zero attached hydrogens (tertiary/aromatic N) is 1. The summed E-state index contributed by atoms with van der Waals surface area (Å²) >= 11 is 0. The van der Waals surface area contributed by atoms with Crippen LogP contribution in [0.4, 0.5) is 0 Å². The third-order valence-electron chi connectivity index (χ3n) is 3.97. The molecule has 0 spiro atoms. The Morgan fingerprint density at radius 3 is 2.71 bits per heavy atom. The summed E-state index contributed by atoms with van der Waals surface area (Å²) in [5, 5.41) is 0. The normalized spacial score (nSPS) is 29.0. The van der Waals surface area contributed by atoms with E-state index in [-0.39, 0.29) is 5.97 Å². The number of carbonyl (C=O) groups is 1. The molecule has 0 saturated carbocycles. The summed E-state index contributed by atoms with van der Waals surface area (Å²) in [6.07, 6.45) is 4.33. The molecule has 0 bridgehead atoms. The molecule has 100 valence electrons. The first kappa shape index (κ1) is 14.5. The number of hydrogen-bond acceptors (Lipinski definition) is 4. The van der Waals surface area contributed by atoms with Gasteiger partial charge in [0, 0.05) is 18.6 Å². The van der Waals surface area contributed by atoms with Gasteiger partial charge in [-0.05, 0) is 39.5 Å². The molecule has 1 aliphatic rings. The summed E-state index contributed by atoms with van der Waals surface area (Å²) in [7, 11) is 1.39. The predicted octanol–water partition coefficient (Wildman–Crippen LogP) is 1.53. The van der Waals surface area contributed by atoms with Gasteiger partial charge in [0.25, 0.3) is 0 Å². The van der Waals surface area contributed by atoms with Crippen molar-refractivity contribution in [2.45, 2.75) is 64.1 Å². The Hall–Kier alpha value is -0.610. The molecular formula is C13H26N2O2. The van der Waals surface area contributed by atoms with Crippen LogP contribution < -0.4 is 5.73 Å². The molecule has 1 saturated heterocycles. The molecule has 1 heterocycles. The zero-order chi connectivity index (χ0) is 13.1. The lowest BCUT2D eigenvalue weighted by molar-refractivity contribution is -0.146. The van der Waals surface area contributed by atoms with Crippen molar-refractivity contribution in [3.63, 3.8) is 0 Å². The molecule has 2 N–H and O–H groups in total. The molecule has 0 amide bonds. The summed E-state index contributed by atoms with van der Waals surface area (Å²) in [4.78, 5) is 14.0. The maximum Gasteiger partial charge on any atom is 0.325 e. The van der Waals surface area contributed by atoms with Crippen molar-refractivity contribution in [3.8, 4) is 0 Å². The van der Waals surface area contributed by atoms with Gasteiger partial charge in [-0.15, -0.1) is 0 Å². The third-order valence-corrected chi connectivity index (χ3v) is 3.97. The van der Waals surface area contributed by atoms with E-state index in [4.69, 9.17) is 10.5 Å². The van der Waals surface area contributed by atoms with Gasteiger partial charge in [0.2, 0.25) is 0 Å². The van der Waals surface area contributed by atoms with E-state index < -0.39 is 5.54 Å². The Kier molecular flexibility index (Phi) is 4.95. The molecule has 1 aliphatic heterocycles. The minimum atomic E-state index is -0.866. The van der Waals surface area contributed by atoms with Crippen molar-refractivity contribution in [2.24, 2.45) is 5.73 Å². The SMILES string of the molecule is CCC1CCC(C)N1CCC(C)(N)C(=O)OC. The average Bonchev–Trinajstić information content (AvgIpc) is 2.66. The van der Waals surface area contributed by atoms with Crippen molar-refractivity contribution in [1.29, 1.82) is 0 Å². The van der Waals surface area contributed by atoms with Crippen molar-refractivity contribution in [2.75, 3.05) is 13.7 Å². The first-order valence-corrected chi connectivity index (χ1v) is 6.55. The Bertz CT molecular complexity index is 266. The lowest BCUT2D eigenvalue weighted by Crippen LogP contribution is -2.49. The molecule has 3 unspecified atom stereocenters. The standard InChI is InChI=1S/C13H26N2O2/c1-5-11-7-6-10(2)15(11)9-8-13(3,14)12(16)17-4/h10-11H,5-9,14H2,1-4H3. The van der Waals surface area contributed by atoms with E-state index >= 15 is 0 Å². The van der Waals surface area contributed by atoms with E-state index in [1.165, 1.54) is 26.4 Å². The number of nitrogens with two attached hydrogens (primary N) is 1. The van der Waals surface area contributed by atoms with Gasteiger partial charge in [-0.25, -0.2) is 0 Å². The van der Waals surface area contributed by atoms with Crippen molar-refractivity contribution in [1.82, 2.24) is 4.90 Å². The van der Waals surface area contributed by atoms with Crippen LogP contribution in [-0.4, -0.2) is 42.1 Å². The second kappa shape index (κ2) is 5.83. The Morgan fingerprint density at radius 2 is 2.18 bits per heavy atom. The van der Waals surface area contributed by atoms with E-state index in [2.05, 4.69) is 18.7 Å². The Morgan fingerprint density at radius 1 is 1.53 bits per heavy atom. The minimum Gasteiger partial charge on any atom is -0.468 e. The molecule has 1 rings (SSSR count). The summed E-state index contributed by atoms with van der Waals surface area (Å²) in [6.45, 7) is 7.10. The number of hydrogen-bond donors (Lipinski definition) is 1. The molecule has 0 aliphatic carbocycles. The lowest BCUT2D eigenvalue weighted by Gasteiger charge is -2.31. The van der Waals surface area contributed by atoms with Crippen LogP contribution in [0.1, 0.15) is 46.5 Å². The highest BCUT2D eigenvalue weighted by atomic mass is 16.5. The fraction of sp³-hybridized carbons (Fsp3) is 0.923. The summed E-state index contributed by atoms with van der Waals surface area (Å²) in [5.74, 6) is -0.322. The fourth-order valence-corrected chi connectivity index (χ4v) is 2.66. The van der Waals surface area contributed by atoms with Crippen molar-refractivity contribution < 1.29 is 9.53 Å². The predicted molar refractivity (Wildman–Crippen MR) is 68.7 cm³/mol. The molecule has 17 heavy (non-hydrogen) atoms. The van der Waals surface area contributed by atoms with E-state index in [0.29, 0.717) is 18.5 Å². The largest absolute Gasteiger partial charge is 0.468 e. The second-order valence-corrected chi connectivity index (χ2v) is 5.39. The van der Waals surface area contributed by atoms with Gasteiger partial charge in [-0.1, -0.05) is 6.92 Å². The van der Waals surface area contributed by atoms with Crippen LogP contribution in [0, 0.1) is 0 Å². The molecule has 0 aromatic rings. The van der Waals surface area contributed by atoms with Crippen LogP contribution in [0.5, 0.6) is 0 Å². The van der Waals surface area contributed by atoms with Gasteiger partial charge in [-0.2, -0.15) is 0 Å². The zero-order valence-electron chi connectivity index (χ0n) is 11.5. The van der Waals surface area contributed by atoms with Gasteiger partial charge in [0.05, 0.1) is 7.11 Å². The summed E-state index contributed by atoms with van der Waals surface area (Å²) in [5.41, 5.74) is 5.11. The first-order chi connectivity index (χ1) is 7.92. The van der Waals surface area contributed by atoms with Crippen LogP contribution in [0.3, 0.4) is 0 Å². The van der Waals surface area contributed by atoms with Crippen LogP contribution in [-0.2, 0) is 9.53 Å². The Balaban J connectivity index is 2.51. The lowest BCUT2D eigenvalue weighted by atomic mass is 9.99. The maximum atomic E-state index is 11.5. The number of likely N-dealkylation sites (tertiary alicyclic amines) is 1. The third kappa shape index (κ3) is 3.42. The fourth-order valence-electron chi connectivity index (χ4n) is 2.66. The van der Waals surface area contributed by atoms with Crippen LogP contribution in [0.25, 0.3) is 0 Å². The van der Waals surface area contributed by atoms with Gasteiger partial charge in [0.15, 0.2) is 0 Å². The minimum absolute atomic E-state index is 0.322. The monoisotopic (exact) mass is 242 g/mol. The highest BCUT2D eigenvalue weighted by Gasteiger charge is 2.34. The van der Waals surface area contributed by atoms with Crippen LogP contribution in [0.2, 0.25) is 0 Å². The topological polar surface area (TPSA) is 55.6 Å². The molecule has 4 heteroatoms. The molecular weight excluding hydrogens is 216 g/mol. The van der Waals surface area contributed by atoms with Crippen molar-refractivity contribution >= 4 is 5.97 Å². The van der Waals surface area contributed by atoms with E-state index in [9.17, 15) is 4.79 Å². The number of esters is 1. The number of ether oxygens (including phenoxy) is 1. The molecule has 0 aromatic carbocycles. The summed E-state index contributed by atoms with van der Waals surface area (Å²) in [6, 6.07) is 1.26. The number of rotatable bonds is 5. The maximum absolute atomic E-state index is 11.5. The Labute approximate surface area is 104 Å². The van der Waals surface area contributed by atoms with Gasteiger partial charge < -0.3 is 10.5 Å². The summed E-state index contributed by atoms with van der Waals surface area (Å²) < 4.78 is 4.73. The van der Waals surface area contributed by atoms with Gasteiger partial charge in [-0.3, -0.25) is 9.69 Å². The number of methoxy groups -OCH3 is 1. The molecule has 3 atom stereocenters. The van der Waals surface area contributed by atoms with Gasteiger partial charge in [0.1, 0.15) is 5.54 Å². The van der Waals surface area contributed by atoms with E-state index in [0.717, 1.165) is 6.54 Å². The molecule has 0 radical (unpaired) electrons. The smallest absolute Gasteiger partial charge is 0.325 e. The first-order valence-electron chi connectivity index (χ1n) is 6.55. The number of carbonyl (C=O) groups excluding carboxylic acids is 1. The van der Waals surface area contributed by atoms with E-state index in [1.54, 1.807) is 6.92 Å². The highest BCUT2D eigenvalue weighted by Crippen LogP contribution is 2.26.